The largest absolute Gasteiger partial charge is 0.481 e. The van der Waals surface area contributed by atoms with Crippen molar-refractivity contribution in [3.63, 3.8) is 0 Å². The van der Waals surface area contributed by atoms with Crippen molar-refractivity contribution in [3.8, 4) is 0 Å². The molecule has 57 heavy (non-hydrogen) atoms. The van der Waals surface area contributed by atoms with Crippen LogP contribution in [0.15, 0.2) is 0 Å². The molecule has 5 heterocycles. The van der Waals surface area contributed by atoms with Crippen molar-refractivity contribution in [1.82, 2.24) is 0 Å². The van der Waals surface area contributed by atoms with Gasteiger partial charge < -0.3 is 81.3 Å². The molecule has 328 valence electrons. The number of carboxylic acids is 1. The van der Waals surface area contributed by atoms with E-state index >= 15 is 0 Å². The summed E-state index contributed by atoms with van der Waals surface area (Å²) < 4.78 is 89.0. The zero-order valence-corrected chi connectivity index (χ0v) is 34.1. The first-order chi connectivity index (χ1) is 27.1. The van der Waals surface area contributed by atoms with E-state index in [0.29, 0.717) is 6.42 Å². The van der Waals surface area contributed by atoms with Crippen molar-refractivity contribution in [1.29, 1.82) is 0 Å². The number of ether oxygens (including phenoxy) is 15. The molecule has 5 rings (SSSR count). The average molecular weight is 825 g/mol. The number of hydrogen-bond donors (Lipinski definition) is 2. The second-order valence-corrected chi connectivity index (χ2v) is 14.9. The molecule has 0 saturated carbocycles. The molecule has 0 bridgehead atoms. The second kappa shape index (κ2) is 20.4. The number of epoxide rings is 1. The third kappa shape index (κ3) is 11.2. The maximum Gasteiger partial charge on any atom is 0.351 e. The Bertz CT molecular complexity index is 1320. The Kier molecular flexibility index (Phi) is 16.4. The highest BCUT2D eigenvalue weighted by Crippen LogP contribution is 2.37. The lowest BCUT2D eigenvalue weighted by molar-refractivity contribution is -0.356. The fourth-order valence-electron chi connectivity index (χ4n) is 8.06. The van der Waals surface area contributed by atoms with Crippen molar-refractivity contribution in [2.45, 2.75) is 183 Å². The number of methoxy groups -OCH3 is 5. The van der Waals surface area contributed by atoms with E-state index in [0.717, 1.165) is 0 Å². The maximum atomic E-state index is 12.0. The minimum Gasteiger partial charge on any atom is -0.481 e. The predicted octanol–water partition coefficient (Wildman–Crippen LogP) is 0.444. The molecule has 2 N–H and O–H groups in total. The van der Waals surface area contributed by atoms with Crippen LogP contribution in [0.4, 0.5) is 0 Å². The van der Waals surface area contributed by atoms with Crippen LogP contribution in [-0.4, -0.2) is 186 Å². The van der Waals surface area contributed by atoms with Gasteiger partial charge in [-0.3, -0.25) is 9.59 Å². The third-order valence-electron chi connectivity index (χ3n) is 11.1. The van der Waals surface area contributed by atoms with Crippen LogP contribution in [0.25, 0.3) is 0 Å². The highest BCUT2D eigenvalue weighted by molar-refractivity contribution is 5.88. The molecule has 20 heteroatoms. The van der Waals surface area contributed by atoms with E-state index < -0.39 is 147 Å². The van der Waals surface area contributed by atoms with Crippen LogP contribution in [0.3, 0.4) is 0 Å². The fraction of sp³-hybridized carbons (Fsp3) is 0.919. The van der Waals surface area contributed by atoms with Gasteiger partial charge in [-0.15, -0.1) is 0 Å². The lowest BCUT2D eigenvalue weighted by Gasteiger charge is -2.47. The first-order valence-corrected chi connectivity index (χ1v) is 19.3. The molecule has 5 fully saturated rings. The summed E-state index contributed by atoms with van der Waals surface area (Å²) in [6, 6.07) is 0. The number of carbonyl (C=O) groups excluding carboxylic acids is 2. The Morgan fingerprint density at radius 3 is 1.58 bits per heavy atom. The van der Waals surface area contributed by atoms with Crippen molar-refractivity contribution in [3.05, 3.63) is 0 Å². The number of carbonyl (C=O) groups is 3. The Balaban J connectivity index is 1.17. The summed E-state index contributed by atoms with van der Waals surface area (Å²) in [7, 11) is 7.41. The van der Waals surface area contributed by atoms with Crippen LogP contribution >= 0.6 is 0 Å². The maximum absolute atomic E-state index is 12.0. The molecule has 0 aromatic rings. The van der Waals surface area contributed by atoms with Crippen molar-refractivity contribution in [2.24, 2.45) is 0 Å². The number of esters is 1. The molecule has 0 aromatic carbocycles. The van der Waals surface area contributed by atoms with Crippen LogP contribution in [0.5, 0.6) is 0 Å². The smallest absolute Gasteiger partial charge is 0.351 e. The molecular weight excluding hydrogens is 764 g/mol. The topological polar surface area (TPSA) is 233 Å². The molecule has 0 aliphatic carbocycles. The second-order valence-electron chi connectivity index (χ2n) is 14.9. The molecule has 0 radical (unpaired) electrons. The lowest BCUT2D eigenvalue weighted by atomic mass is 9.97. The van der Waals surface area contributed by atoms with Gasteiger partial charge in [-0.25, -0.2) is 4.79 Å². The van der Waals surface area contributed by atoms with E-state index in [4.69, 9.17) is 71.1 Å². The lowest BCUT2D eigenvalue weighted by Crippen LogP contribution is -2.62. The van der Waals surface area contributed by atoms with Crippen LogP contribution in [0.2, 0.25) is 0 Å². The highest BCUT2D eigenvalue weighted by Gasteiger charge is 2.54. The van der Waals surface area contributed by atoms with Gasteiger partial charge in [-0.1, -0.05) is 0 Å². The van der Waals surface area contributed by atoms with Crippen molar-refractivity contribution >= 4 is 17.9 Å². The number of cyclic esters (lactones) is 1. The van der Waals surface area contributed by atoms with Crippen molar-refractivity contribution in [2.75, 3.05) is 35.5 Å². The number of aliphatic hydroxyl groups is 1. The summed E-state index contributed by atoms with van der Waals surface area (Å²) in [5.41, 5.74) is 0. The van der Waals surface area contributed by atoms with E-state index in [1.807, 2.05) is 6.92 Å². The van der Waals surface area contributed by atoms with Gasteiger partial charge in [0, 0.05) is 61.7 Å². The normalized spacial score (nSPS) is 43.5. The summed E-state index contributed by atoms with van der Waals surface area (Å²) in [5, 5.41) is 20.0. The number of rotatable bonds is 18. The SMILES string of the molecule is COC1CC(OC(C(CC(=O)O)OC)C2OC2=O)OC(C)C1OC1CC(OC)C(OC2CC(OC)C(OC3OC(C)C(O)C(OC)C3OC(C)=O)C(C)O2)C(C)O1. The summed E-state index contributed by atoms with van der Waals surface area (Å²) in [4.78, 5) is 35.3. The molecule has 5 saturated heterocycles. The average Bonchev–Trinajstić information content (AvgIpc) is 3.89. The van der Waals surface area contributed by atoms with Gasteiger partial charge in [-0.2, -0.15) is 0 Å². The fourth-order valence-corrected chi connectivity index (χ4v) is 8.06. The number of aliphatic carboxylic acids is 1. The first kappa shape index (κ1) is 45.9. The van der Waals surface area contributed by atoms with Gasteiger partial charge in [-0.05, 0) is 27.7 Å². The Morgan fingerprint density at radius 2 is 1.16 bits per heavy atom. The van der Waals surface area contributed by atoms with Gasteiger partial charge >= 0.3 is 17.9 Å². The summed E-state index contributed by atoms with van der Waals surface area (Å²) in [6.45, 7) is 8.37. The van der Waals surface area contributed by atoms with Gasteiger partial charge in [0.05, 0.1) is 55.3 Å². The predicted molar refractivity (Wildman–Crippen MR) is 188 cm³/mol. The monoisotopic (exact) mass is 824 g/mol. The van der Waals surface area contributed by atoms with Crippen molar-refractivity contribution < 1.29 is 95.6 Å². The van der Waals surface area contributed by atoms with Crippen LogP contribution in [-0.2, 0) is 85.4 Å². The highest BCUT2D eigenvalue weighted by atomic mass is 16.8. The molecule has 5 aliphatic heterocycles. The zero-order valence-electron chi connectivity index (χ0n) is 34.1. The Labute approximate surface area is 332 Å². The molecule has 0 spiro atoms. The quantitative estimate of drug-likeness (QED) is 0.141. The van der Waals surface area contributed by atoms with Crippen LogP contribution < -0.4 is 0 Å². The van der Waals surface area contributed by atoms with E-state index in [1.165, 1.54) is 28.3 Å². The number of hydrogen-bond acceptors (Lipinski definition) is 19. The summed E-state index contributed by atoms with van der Waals surface area (Å²) in [5.74, 6) is -2.22. The van der Waals surface area contributed by atoms with Gasteiger partial charge in [0.1, 0.15) is 36.6 Å². The zero-order chi connectivity index (χ0) is 41.7. The first-order valence-electron chi connectivity index (χ1n) is 19.3. The molecule has 0 amide bonds. The Morgan fingerprint density at radius 1 is 0.684 bits per heavy atom. The minimum absolute atomic E-state index is 0.196. The molecule has 0 aromatic heterocycles. The number of aliphatic hydroxyl groups excluding tert-OH is 1. The van der Waals surface area contributed by atoms with Crippen LogP contribution in [0.1, 0.15) is 60.3 Å². The Hall–Kier alpha value is -2.15. The molecular formula is C37H60O20. The standard InChI is InChI=1S/C37H60O20/c1-15-28(41)33(47-10)35(52-19(5)38)37(51-15)57-31-18(4)50-26(14-23(31)46-9)54-29-16(2)48-25(12-21(29)44-7)53-30-17(3)49-27(13-22(30)45-8)55-32(34-36(42)56-34)20(43-6)11-24(39)40/h15-18,20-23,25-35,37,41H,11-14H2,1-10H3,(H,39,40). The van der Waals surface area contributed by atoms with E-state index in [2.05, 4.69) is 0 Å². The van der Waals surface area contributed by atoms with E-state index in [1.54, 1.807) is 35.0 Å². The van der Waals surface area contributed by atoms with Gasteiger partial charge in [0.15, 0.2) is 31.3 Å². The van der Waals surface area contributed by atoms with Crippen LogP contribution in [0, 0.1) is 0 Å². The molecule has 20 unspecified atom stereocenters. The van der Waals surface area contributed by atoms with Gasteiger partial charge in [0.25, 0.3) is 0 Å². The van der Waals surface area contributed by atoms with Gasteiger partial charge in [0.2, 0.25) is 6.10 Å². The number of carboxylic acid groups (broad SMARTS) is 1. The summed E-state index contributed by atoms with van der Waals surface area (Å²) in [6.07, 6.45) is -14.7. The molecule has 20 nitrogen and oxygen atoms in total. The van der Waals surface area contributed by atoms with E-state index in [9.17, 15) is 24.6 Å². The summed E-state index contributed by atoms with van der Waals surface area (Å²) >= 11 is 0. The molecule has 5 aliphatic rings. The van der Waals surface area contributed by atoms with E-state index in [-0.39, 0.29) is 12.8 Å². The molecule has 20 atom stereocenters. The third-order valence-corrected chi connectivity index (χ3v) is 11.1. The minimum atomic E-state index is -1.12.